The van der Waals surface area contributed by atoms with E-state index in [1.54, 1.807) is 7.11 Å². The van der Waals surface area contributed by atoms with E-state index in [2.05, 4.69) is 22.2 Å². The molecule has 0 spiro atoms. The summed E-state index contributed by atoms with van der Waals surface area (Å²) in [6.45, 7) is 3.36. The molecule has 114 valence electrons. The number of imidazole rings is 1. The number of fused-ring (bicyclic) bond motifs is 1. The molecule has 0 amide bonds. The summed E-state index contributed by atoms with van der Waals surface area (Å²) in [6, 6.07) is 6.64. The fourth-order valence-corrected chi connectivity index (χ4v) is 3.28. The van der Waals surface area contributed by atoms with Crippen LogP contribution >= 0.6 is 0 Å². The molecule has 2 unspecified atom stereocenters. The molecule has 1 aromatic carbocycles. The molecule has 0 aliphatic heterocycles. The lowest BCUT2D eigenvalue weighted by Gasteiger charge is -2.29. The first-order valence-corrected chi connectivity index (χ1v) is 8.02. The van der Waals surface area contributed by atoms with Crippen molar-refractivity contribution >= 4 is 11.0 Å². The van der Waals surface area contributed by atoms with Crippen molar-refractivity contribution in [1.29, 1.82) is 0 Å². The Morgan fingerprint density at radius 3 is 3.00 bits per heavy atom. The number of hydrogen-bond donors (Lipinski definition) is 2. The number of aromatic amines is 1. The standard InChI is InChI=1S/C17H25N3O/c1-12-5-3-4-6-14(12)18-10-9-17-19-15-8-7-13(21-2)11-16(15)20-17/h7-8,11-12,14,18H,3-6,9-10H2,1-2H3,(H,19,20). The summed E-state index contributed by atoms with van der Waals surface area (Å²) in [5, 5.41) is 3.70. The molecule has 3 rings (SSSR count). The van der Waals surface area contributed by atoms with E-state index in [-0.39, 0.29) is 0 Å². The van der Waals surface area contributed by atoms with E-state index in [1.165, 1.54) is 25.7 Å². The van der Waals surface area contributed by atoms with Crippen LogP contribution in [0.4, 0.5) is 0 Å². The number of H-pyrrole nitrogens is 1. The minimum atomic E-state index is 0.684. The molecule has 2 N–H and O–H groups in total. The van der Waals surface area contributed by atoms with Gasteiger partial charge < -0.3 is 15.0 Å². The lowest BCUT2D eigenvalue weighted by atomic mass is 9.86. The van der Waals surface area contributed by atoms with Gasteiger partial charge in [-0.15, -0.1) is 0 Å². The molecule has 2 aromatic rings. The number of methoxy groups -OCH3 is 1. The SMILES string of the molecule is COc1ccc2nc(CCNC3CCCCC3C)[nH]c2c1. The second kappa shape index (κ2) is 6.48. The summed E-state index contributed by atoms with van der Waals surface area (Å²) in [4.78, 5) is 8.03. The molecule has 0 radical (unpaired) electrons. The van der Waals surface area contributed by atoms with Crippen LogP contribution in [0.15, 0.2) is 18.2 Å². The number of rotatable bonds is 5. The molecular formula is C17H25N3O. The average Bonchev–Trinajstić information content (AvgIpc) is 2.90. The first-order chi connectivity index (χ1) is 10.3. The van der Waals surface area contributed by atoms with Gasteiger partial charge in [-0.2, -0.15) is 0 Å². The van der Waals surface area contributed by atoms with Crippen LogP contribution in [0.3, 0.4) is 0 Å². The van der Waals surface area contributed by atoms with Crippen LogP contribution in [-0.4, -0.2) is 29.7 Å². The quantitative estimate of drug-likeness (QED) is 0.887. The Kier molecular flexibility index (Phi) is 4.44. The largest absolute Gasteiger partial charge is 0.497 e. The minimum Gasteiger partial charge on any atom is -0.497 e. The lowest BCUT2D eigenvalue weighted by Crippen LogP contribution is -2.38. The smallest absolute Gasteiger partial charge is 0.121 e. The van der Waals surface area contributed by atoms with Gasteiger partial charge in [0.15, 0.2) is 0 Å². The number of hydrogen-bond acceptors (Lipinski definition) is 3. The summed E-state index contributed by atoms with van der Waals surface area (Å²) >= 11 is 0. The van der Waals surface area contributed by atoms with Gasteiger partial charge >= 0.3 is 0 Å². The molecule has 1 saturated carbocycles. The number of benzene rings is 1. The number of ether oxygens (including phenoxy) is 1. The highest BCUT2D eigenvalue weighted by atomic mass is 16.5. The lowest BCUT2D eigenvalue weighted by molar-refractivity contribution is 0.282. The van der Waals surface area contributed by atoms with Gasteiger partial charge in [0.2, 0.25) is 0 Å². The first kappa shape index (κ1) is 14.4. The van der Waals surface area contributed by atoms with E-state index < -0.39 is 0 Å². The third kappa shape index (κ3) is 3.38. The third-order valence-electron chi connectivity index (χ3n) is 4.62. The summed E-state index contributed by atoms with van der Waals surface area (Å²) < 4.78 is 5.24. The Bertz CT molecular complexity index is 593. The van der Waals surface area contributed by atoms with E-state index in [0.29, 0.717) is 6.04 Å². The monoisotopic (exact) mass is 287 g/mol. The molecule has 2 atom stereocenters. The van der Waals surface area contributed by atoms with Crippen LogP contribution in [0.25, 0.3) is 11.0 Å². The van der Waals surface area contributed by atoms with E-state index in [1.807, 2.05) is 18.2 Å². The van der Waals surface area contributed by atoms with Crippen molar-refractivity contribution in [3.63, 3.8) is 0 Å². The highest BCUT2D eigenvalue weighted by molar-refractivity contribution is 5.76. The molecule has 1 fully saturated rings. The van der Waals surface area contributed by atoms with Crippen LogP contribution in [0.5, 0.6) is 5.75 Å². The van der Waals surface area contributed by atoms with Gasteiger partial charge in [-0.1, -0.05) is 19.8 Å². The average molecular weight is 287 g/mol. The van der Waals surface area contributed by atoms with Gasteiger partial charge in [0.05, 0.1) is 18.1 Å². The van der Waals surface area contributed by atoms with Gasteiger partial charge in [-0.3, -0.25) is 0 Å². The second-order valence-corrected chi connectivity index (χ2v) is 6.14. The van der Waals surface area contributed by atoms with Crippen LogP contribution in [0, 0.1) is 5.92 Å². The number of nitrogens with zero attached hydrogens (tertiary/aromatic N) is 1. The van der Waals surface area contributed by atoms with Gasteiger partial charge in [0.1, 0.15) is 11.6 Å². The van der Waals surface area contributed by atoms with Crippen molar-refractivity contribution in [2.75, 3.05) is 13.7 Å². The highest BCUT2D eigenvalue weighted by Crippen LogP contribution is 2.23. The maximum atomic E-state index is 5.24. The Balaban J connectivity index is 1.57. The Morgan fingerprint density at radius 2 is 2.19 bits per heavy atom. The fourth-order valence-electron chi connectivity index (χ4n) is 3.28. The Morgan fingerprint density at radius 1 is 1.33 bits per heavy atom. The molecule has 21 heavy (non-hydrogen) atoms. The summed E-state index contributed by atoms with van der Waals surface area (Å²) in [7, 11) is 1.69. The fraction of sp³-hybridized carbons (Fsp3) is 0.588. The summed E-state index contributed by atoms with van der Waals surface area (Å²) in [5.74, 6) is 2.72. The number of aromatic nitrogens is 2. The van der Waals surface area contributed by atoms with Gasteiger partial charge in [-0.25, -0.2) is 4.98 Å². The zero-order valence-corrected chi connectivity index (χ0v) is 13.0. The van der Waals surface area contributed by atoms with Crippen LogP contribution in [0.2, 0.25) is 0 Å². The predicted molar refractivity (Wildman–Crippen MR) is 85.8 cm³/mol. The van der Waals surface area contributed by atoms with E-state index >= 15 is 0 Å². The van der Waals surface area contributed by atoms with Crippen LogP contribution in [-0.2, 0) is 6.42 Å². The normalized spacial score (nSPS) is 22.6. The van der Waals surface area contributed by atoms with Crippen molar-refractivity contribution in [3.05, 3.63) is 24.0 Å². The van der Waals surface area contributed by atoms with Crippen molar-refractivity contribution in [3.8, 4) is 5.75 Å². The van der Waals surface area contributed by atoms with Gasteiger partial charge in [0, 0.05) is 25.1 Å². The first-order valence-electron chi connectivity index (χ1n) is 8.02. The molecule has 4 nitrogen and oxygen atoms in total. The van der Waals surface area contributed by atoms with E-state index in [4.69, 9.17) is 4.74 Å². The maximum absolute atomic E-state index is 5.24. The second-order valence-electron chi connectivity index (χ2n) is 6.14. The molecule has 1 aliphatic rings. The van der Waals surface area contributed by atoms with Crippen molar-refractivity contribution in [1.82, 2.24) is 15.3 Å². The molecule has 0 bridgehead atoms. The van der Waals surface area contributed by atoms with Crippen molar-refractivity contribution in [2.45, 2.75) is 45.1 Å². The zero-order chi connectivity index (χ0) is 14.7. The zero-order valence-electron chi connectivity index (χ0n) is 13.0. The van der Waals surface area contributed by atoms with Gasteiger partial charge in [0.25, 0.3) is 0 Å². The summed E-state index contributed by atoms with van der Waals surface area (Å²) in [5.41, 5.74) is 2.06. The van der Waals surface area contributed by atoms with Crippen LogP contribution in [0.1, 0.15) is 38.4 Å². The highest BCUT2D eigenvalue weighted by Gasteiger charge is 2.20. The molecule has 4 heteroatoms. The Hall–Kier alpha value is -1.55. The number of nitrogens with one attached hydrogen (secondary N) is 2. The van der Waals surface area contributed by atoms with Crippen molar-refractivity contribution < 1.29 is 4.74 Å². The van der Waals surface area contributed by atoms with E-state index in [0.717, 1.165) is 41.5 Å². The van der Waals surface area contributed by atoms with Gasteiger partial charge in [-0.05, 0) is 30.9 Å². The van der Waals surface area contributed by atoms with Crippen molar-refractivity contribution in [2.24, 2.45) is 5.92 Å². The molecule has 0 saturated heterocycles. The summed E-state index contributed by atoms with van der Waals surface area (Å²) in [6.07, 6.45) is 6.39. The molecule has 1 heterocycles. The molecule has 1 aliphatic carbocycles. The topological polar surface area (TPSA) is 49.9 Å². The van der Waals surface area contributed by atoms with E-state index in [9.17, 15) is 0 Å². The van der Waals surface area contributed by atoms with Crippen LogP contribution < -0.4 is 10.1 Å². The third-order valence-corrected chi connectivity index (χ3v) is 4.62. The predicted octanol–water partition coefficient (Wildman–Crippen LogP) is 3.28. The molecule has 1 aromatic heterocycles. The minimum absolute atomic E-state index is 0.684. The molecular weight excluding hydrogens is 262 g/mol. The maximum Gasteiger partial charge on any atom is 0.121 e. The Labute approximate surface area is 126 Å².